The van der Waals surface area contributed by atoms with E-state index in [2.05, 4.69) is 14.6 Å². The summed E-state index contributed by atoms with van der Waals surface area (Å²) in [5, 5.41) is 21.0. The third-order valence-electron chi connectivity index (χ3n) is 8.36. The molecule has 3 N–H and O–H groups in total. The Morgan fingerprint density at radius 2 is 1.69 bits per heavy atom. The molecule has 2 saturated heterocycles. The molecule has 2 aromatic rings. The lowest BCUT2D eigenvalue weighted by molar-refractivity contribution is -0.165. The molecule has 2 fully saturated rings. The van der Waals surface area contributed by atoms with Crippen LogP contribution in [-0.4, -0.2) is 96.8 Å². The highest BCUT2D eigenvalue weighted by molar-refractivity contribution is 7.89. The third kappa shape index (κ3) is 8.57. The first-order valence-corrected chi connectivity index (χ1v) is 16.0. The molecule has 1 amide bonds. The fraction of sp³-hybridized carbons (Fsp3) is 0.567. The zero-order valence-electron chi connectivity index (χ0n) is 24.2. The molecular weight excluding hydrogens is 560 g/mol. The van der Waals surface area contributed by atoms with Crippen LogP contribution in [0.5, 0.6) is 0 Å². The third-order valence-corrected chi connectivity index (χ3v) is 9.77. The van der Waals surface area contributed by atoms with E-state index in [1.807, 2.05) is 19.1 Å². The number of benzene rings is 1. The number of amides is 1. The number of carbonyl (C=O) groups is 2. The minimum absolute atomic E-state index is 0.0598. The number of rotatable bonds is 6. The first-order chi connectivity index (χ1) is 20.1. The number of aryl methyl sites for hydroxylation is 1. The quantitative estimate of drug-likeness (QED) is 0.419. The van der Waals surface area contributed by atoms with Gasteiger partial charge in [-0.05, 0) is 81.9 Å². The van der Waals surface area contributed by atoms with Crippen LogP contribution in [0.2, 0.25) is 0 Å². The number of piperidine rings is 1. The van der Waals surface area contributed by atoms with Gasteiger partial charge in [-0.15, -0.1) is 0 Å². The number of aromatic nitrogens is 1. The largest absolute Gasteiger partial charge is 0.462 e. The van der Waals surface area contributed by atoms with Crippen molar-refractivity contribution in [2.24, 2.45) is 5.41 Å². The number of hydrogen-bond acceptors (Lipinski definition) is 9. The summed E-state index contributed by atoms with van der Waals surface area (Å²) in [7, 11) is -3.87. The van der Waals surface area contributed by atoms with Gasteiger partial charge < -0.3 is 19.8 Å². The Kier molecular flexibility index (Phi) is 11.1. The number of carbonyl (C=O) groups excluding carboxylic acids is 2. The Balaban J connectivity index is 1.38. The van der Waals surface area contributed by atoms with E-state index >= 15 is 0 Å². The van der Waals surface area contributed by atoms with Gasteiger partial charge in [-0.25, -0.2) is 13.1 Å². The zero-order chi connectivity index (χ0) is 30.2. The van der Waals surface area contributed by atoms with E-state index < -0.39 is 40.1 Å². The van der Waals surface area contributed by atoms with E-state index in [-0.39, 0.29) is 30.4 Å². The van der Waals surface area contributed by atoms with Crippen LogP contribution in [0.25, 0.3) is 0 Å². The number of aliphatic hydroxyl groups is 2. The number of esters is 1. The summed E-state index contributed by atoms with van der Waals surface area (Å²) in [4.78, 5) is 34.4. The second kappa shape index (κ2) is 14.5. The van der Waals surface area contributed by atoms with E-state index in [0.29, 0.717) is 51.7 Å². The lowest BCUT2D eigenvalue weighted by atomic mass is 9.74. The van der Waals surface area contributed by atoms with Crippen molar-refractivity contribution in [1.29, 1.82) is 0 Å². The minimum atomic E-state index is -3.87. The SMILES string of the molecule is Cc1ccc(S(=O)(=O)NCC(=O)N2CCCCC3(CCN(Cc4ccncc4)CC3)C(=O)OC[C@@H](O)[C@@H](O)CC2)cc1. The van der Waals surface area contributed by atoms with Crippen LogP contribution in [0.1, 0.15) is 49.7 Å². The molecule has 2 atom stereocenters. The molecule has 0 radical (unpaired) electrons. The number of cyclic esters (lactones) is 1. The smallest absolute Gasteiger partial charge is 0.312 e. The summed E-state index contributed by atoms with van der Waals surface area (Å²) < 4.78 is 33.3. The van der Waals surface area contributed by atoms with Crippen molar-refractivity contribution in [3.8, 4) is 0 Å². The van der Waals surface area contributed by atoms with Crippen molar-refractivity contribution in [3.05, 3.63) is 59.9 Å². The highest BCUT2D eigenvalue weighted by atomic mass is 32.2. The molecule has 42 heavy (non-hydrogen) atoms. The van der Waals surface area contributed by atoms with Crippen LogP contribution in [0.3, 0.4) is 0 Å². The number of likely N-dealkylation sites (tertiary alicyclic amines) is 1. The van der Waals surface area contributed by atoms with Crippen molar-refractivity contribution in [3.63, 3.8) is 0 Å². The van der Waals surface area contributed by atoms with Crippen molar-refractivity contribution in [2.45, 2.75) is 69.1 Å². The second-order valence-corrected chi connectivity index (χ2v) is 13.2. The summed E-state index contributed by atoms with van der Waals surface area (Å²) in [6.45, 7) is 3.78. The van der Waals surface area contributed by atoms with Crippen molar-refractivity contribution in [1.82, 2.24) is 19.5 Å². The van der Waals surface area contributed by atoms with Crippen LogP contribution >= 0.6 is 0 Å². The Labute approximate surface area is 247 Å². The molecule has 1 aromatic heterocycles. The van der Waals surface area contributed by atoms with Crippen LogP contribution < -0.4 is 4.72 Å². The monoisotopic (exact) mass is 602 g/mol. The van der Waals surface area contributed by atoms with Gasteiger partial charge in [-0.3, -0.25) is 19.5 Å². The maximum atomic E-state index is 13.3. The molecule has 4 rings (SSSR count). The van der Waals surface area contributed by atoms with E-state index in [1.165, 1.54) is 17.0 Å². The standard InChI is InChI=1S/C30H42N4O7S/c1-23-4-6-25(7-5-23)42(39,40)32-20-28(37)34-16-3-2-11-30(29(38)41-22-27(36)26(35)10-17-34)12-18-33(19-13-30)21-24-8-14-31-15-9-24/h4-9,14-15,26-27,32,35-36H,2-3,10-13,16-22H2,1H3/t26-,27+/m0/s1. The fourth-order valence-electron chi connectivity index (χ4n) is 5.54. The molecule has 230 valence electrons. The molecule has 12 heteroatoms. The highest BCUT2D eigenvalue weighted by Gasteiger charge is 2.42. The number of aliphatic hydroxyl groups excluding tert-OH is 2. The lowest BCUT2D eigenvalue weighted by Gasteiger charge is -2.40. The van der Waals surface area contributed by atoms with Crippen molar-refractivity contribution < 1.29 is 33.0 Å². The molecule has 0 aliphatic carbocycles. The van der Waals surface area contributed by atoms with E-state index in [0.717, 1.165) is 17.7 Å². The Morgan fingerprint density at radius 3 is 2.38 bits per heavy atom. The summed E-state index contributed by atoms with van der Waals surface area (Å²) in [5.41, 5.74) is 1.37. The van der Waals surface area contributed by atoms with Gasteiger partial charge in [0, 0.05) is 32.0 Å². The Hall–Kier alpha value is -2.90. The molecule has 2 aliphatic rings. The second-order valence-electron chi connectivity index (χ2n) is 11.4. The minimum Gasteiger partial charge on any atom is -0.462 e. The number of hydrogen-bond donors (Lipinski definition) is 3. The van der Waals surface area contributed by atoms with Crippen LogP contribution in [0, 0.1) is 12.3 Å². The first-order valence-electron chi connectivity index (χ1n) is 14.6. The van der Waals surface area contributed by atoms with Gasteiger partial charge in [0.2, 0.25) is 15.9 Å². The Bertz CT molecular complexity index is 1280. The number of pyridine rings is 1. The predicted molar refractivity (Wildman–Crippen MR) is 156 cm³/mol. The summed E-state index contributed by atoms with van der Waals surface area (Å²) in [6, 6.07) is 10.3. The first kappa shape index (κ1) is 32.0. The van der Waals surface area contributed by atoms with Gasteiger partial charge in [-0.2, -0.15) is 0 Å². The maximum absolute atomic E-state index is 13.3. The number of sulfonamides is 1. The molecule has 0 unspecified atom stereocenters. The molecular formula is C30H42N4O7S. The van der Waals surface area contributed by atoms with Crippen LogP contribution in [0.4, 0.5) is 0 Å². The van der Waals surface area contributed by atoms with Gasteiger partial charge in [0.05, 0.1) is 23.0 Å². The molecule has 1 spiro atoms. The summed E-state index contributed by atoms with van der Waals surface area (Å²) in [6.07, 6.45) is 4.15. The van der Waals surface area contributed by atoms with E-state index in [9.17, 15) is 28.2 Å². The average molecular weight is 603 g/mol. The summed E-state index contributed by atoms with van der Waals surface area (Å²) >= 11 is 0. The highest BCUT2D eigenvalue weighted by Crippen LogP contribution is 2.38. The van der Waals surface area contributed by atoms with Gasteiger partial charge in [0.1, 0.15) is 12.7 Å². The van der Waals surface area contributed by atoms with Gasteiger partial charge in [-0.1, -0.05) is 24.1 Å². The van der Waals surface area contributed by atoms with Crippen molar-refractivity contribution >= 4 is 21.9 Å². The number of nitrogens with one attached hydrogen (secondary N) is 1. The van der Waals surface area contributed by atoms with Gasteiger partial charge in [0.25, 0.3) is 0 Å². The molecule has 2 aliphatic heterocycles. The lowest BCUT2D eigenvalue weighted by Crippen LogP contribution is -2.45. The van der Waals surface area contributed by atoms with Gasteiger partial charge >= 0.3 is 5.97 Å². The summed E-state index contributed by atoms with van der Waals surface area (Å²) in [5.74, 6) is -0.774. The predicted octanol–water partition coefficient (Wildman–Crippen LogP) is 1.62. The zero-order valence-corrected chi connectivity index (χ0v) is 25.0. The average Bonchev–Trinajstić information content (AvgIpc) is 3.00. The molecule has 0 saturated carbocycles. The van der Waals surface area contributed by atoms with E-state index in [1.54, 1.807) is 24.5 Å². The normalized spacial score (nSPS) is 22.9. The van der Waals surface area contributed by atoms with Crippen molar-refractivity contribution in [2.75, 3.05) is 39.3 Å². The van der Waals surface area contributed by atoms with E-state index in [4.69, 9.17) is 4.74 Å². The van der Waals surface area contributed by atoms with Gasteiger partial charge in [0.15, 0.2) is 0 Å². The van der Waals surface area contributed by atoms with Crippen LogP contribution in [-0.2, 0) is 30.9 Å². The number of nitrogens with zero attached hydrogens (tertiary/aromatic N) is 3. The molecule has 1 aromatic carbocycles. The molecule has 11 nitrogen and oxygen atoms in total. The maximum Gasteiger partial charge on any atom is 0.312 e. The topological polar surface area (TPSA) is 149 Å². The fourth-order valence-corrected chi connectivity index (χ4v) is 6.52. The Morgan fingerprint density at radius 1 is 1.00 bits per heavy atom. The molecule has 3 heterocycles. The van der Waals surface area contributed by atoms with Crippen LogP contribution in [0.15, 0.2) is 53.7 Å². The number of ether oxygens (including phenoxy) is 1. The molecule has 0 bridgehead atoms.